The molecule has 31 heavy (non-hydrogen) atoms. The van der Waals surface area contributed by atoms with E-state index >= 15 is 0 Å². The van der Waals surface area contributed by atoms with Crippen molar-refractivity contribution in [2.24, 2.45) is 4.99 Å². The zero-order chi connectivity index (χ0) is 21.3. The molecular formula is C22H33IN6OS. The fourth-order valence-electron chi connectivity index (χ4n) is 3.54. The number of aliphatic imine (C=N–C) groups is 1. The Morgan fingerprint density at radius 1 is 1.23 bits per heavy atom. The number of guanidine groups is 1. The van der Waals surface area contributed by atoms with Crippen LogP contribution in [0.25, 0.3) is 0 Å². The third-order valence-corrected chi connectivity index (χ3v) is 5.93. The summed E-state index contributed by atoms with van der Waals surface area (Å²) in [5.74, 6) is 0.991. The van der Waals surface area contributed by atoms with Crippen LogP contribution in [0.15, 0.2) is 40.7 Å². The van der Waals surface area contributed by atoms with Gasteiger partial charge in [0.05, 0.1) is 23.8 Å². The molecule has 0 radical (unpaired) electrons. The van der Waals surface area contributed by atoms with Gasteiger partial charge in [-0.05, 0) is 26.0 Å². The second-order valence-corrected chi connectivity index (χ2v) is 8.47. The Morgan fingerprint density at radius 2 is 1.94 bits per heavy atom. The standard InChI is InChI=1S/C22H32N6OS.HI/c1-4-23-22(26(3)16-19-17-30-18(2)25-19)24-11-10-21(29)28-14-12-27(13-15-28)20-8-6-5-7-9-20;/h5-9,17H,4,10-16H2,1-3H3,(H,23,24);1H. The molecule has 2 heterocycles. The average molecular weight is 557 g/mol. The monoisotopic (exact) mass is 556 g/mol. The Morgan fingerprint density at radius 3 is 2.55 bits per heavy atom. The molecule has 1 aromatic carbocycles. The molecule has 1 aliphatic rings. The molecule has 0 aliphatic carbocycles. The number of para-hydroxylation sites is 1. The van der Waals surface area contributed by atoms with Crippen molar-refractivity contribution >= 4 is 52.9 Å². The van der Waals surface area contributed by atoms with E-state index in [0.717, 1.165) is 49.4 Å². The van der Waals surface area contributed by atoms with Gasteiger partial charge < -0.3 is 20.0 Å². The van der Waals surface area contributed by atoms with Crippen LogP contribution in [-0.2, 0) is 11.3 Å². The number of thiazole rings is 1. The summed E-state index contributed by atoms with van der Waals surface area (Å²) in [6, 6.07) is 10.4. The first-order valence-electron chi connectivity index (χ1n) is 10.5. The number of benzene rings is 1. The summed E-state index contributed by atoms with van der Waals surface area (Å²) in [7, 11) is 2.00. The maximum Gasteiger partial charge on any atom is 0.224 e. The highest BCUT2D eigenvalue weighted by atomic mass is 127. The fraction of sp³-hybridized carbons (Fsp3) is 0.500. The van der Waals surface area contributed by atoms with Gasteiger partial charge in [0.15, 0.2) is 5.96 Å². The van der Waals surface area contributed by atoms with Crippen LogP contribution >= 0.6 is 35.3 Å². The van der Waals surface area contributed by atoms with Crippen molar-refractivity contribution < 1.29 is 4.79 Å². The van der Waals surface area contributed by atoms with Gasteiger partial charge in [-0.15, -0.1) is 35.3 Å². The predicted molar refractivity (Wildman–Crippen MR) is 140 cm³/mol. The molecule has 1 N–H and O–H groups in total. The highest BCUT2D eigenvalue weighted by Crippen LogP contribution is 2.16. The molecule has 7 nitrogen and oxygen atoms in total. The summed E-state index contributed by atoms with van der Waals surface area (Å²) in [5.41, 5.74) is 2.26. The van der Waals surface area contributed by atoms with E-state index in [1.54, 1.807) is 11.3 Å². The molecule has 1 saturated heterocycles. The average Bonchev–Trinajstić information content (AvgIpc) is 3.18. The topological polar surface area (TPSA) is 64.1 Å². The van der Waals surface area contributed by atoms with Crippen molar-refractivity contribution in [2.45, 2.75) is 26.8 Å². The number of amides is 1. The van der Waals surface area contributed by atoms with E-state index in [1.165, 1.54) is 5.69 Å². The Balaban J connectivity index is 0.00000341. The summed E-state index contributed by atoms with van der Waals surface area (Å²) in [6.45, 7) is 9.31. The van der Waals surface area contributed by atoms with Crippen molar-refractivity contribution in [3.05, 3.63) is 46.4 Å². The molecule has 9 heteroatoms. The van der Waals surface area contributed by atoms with Gasteiger partial charge in [0.25, 0.3) is 0 Å². The minimum atomic E-state index is 0. The van der Waals surface area contributed by atoms with Gasteiger partial charge in [0, 0.05) is 57.3 Å². The van der Waals surface area contributed by atoms with Gasteiger partial charge in [-0.25, -0.2) is 4.98 Å². The number of halogens is 1. The number of rotatable bonds is 7. The first-order chi connectivity index (χ1) is 14.6. The quantitative estimate of drug-likeness (QED) is 0.323. The zero-order valence-corrected chi connectivity index (χ0v) is 21.7. The Kier molecular flexibility index (Phi) is 10.5. The number of aromatic nitrogens is 1. The summed E-state index contributed by atoms with van der Waals surface area (Å²) in [4.78, 5) is 28.2. The Labute approximate surface area is 206 Å². The molecule has 0 bridgehead atoms. The van der Waals surface area contributed by atoms with Crippen molar-refractivity contribution in [3.63, 3.8) is 0 Å². The number of hydrogen-bond donors (Lipinski definition) is 1. The van der Waals surface area contributed by atoms with Crippen LogP contribution in [-0.4, -0.2) is 73.0 Å². The lowest BCUT2D eigenvalue weighted by Gasteiger charge is -2.36. The van der Waals surface area contributed by atoms with Crippen molar-refractivity contribution in [3.8, 4) is 0 Å². The highest BCUT2D eigenvalue weighted by Gasteiger charge is 2.21. The molecule has 0 unspecified atom stereocenters. The van der Waals surface area contributed by atoms with Crippen LogP contribution in [0.1, 0.15) is 24.0 Å². The van der Waals surface area contributed by atoms with Gasteiger partial charge in [-0.1, -0.05) is 18.2 Å². The maximum atomic E-state index is 12.6. The van der Waals surface area contributed by atoms with Crippen LogP contribution in [0.2, 0.25) is 0 Å². The van der Waals surface area contributed by atoms with E-state index in [4.69, 9.17) is 0 Å². The van der Waals surface area contributed by atoms with E-state index < -0.39 is 0 Å². The van der Waals surface area contributed by atoms with Gasteiger partial charge in [-0.3, -0.25) is 9.79 Å². The number of nitrogens with zero attached hydrogens (tertiary/aromatic N) is 5. The molecule has 170 valence electrons. The number of nitrogens with one attached hydrogen (secondary N) is 1. The van der Waals surface area contributed by atoms with Gasteiger partial charge in [-0.2, -0.15) is 0 Å². The molecule has 3 rings (SSSR count). The molecular weight excluding hydrogens is 523 g/mol. The summed E-state index contributed by atoms with van der Waals surface area (Å²) < 4.78 is 0. The second kappa shape index (κ2) is 12.8. The van der Waals surface area contributed by atoms with Crippen LogP contribution in [0.3, 0.4) is 0 Å². The van der Waals surface area contributed by atoms with Crippen molar-refractivity contribution in [1.29, 1.82) is 0 Å². The van der Waals surface area contributed by atoms with Gasteiger partial charge >= 0.3 is 0 Å². The molecule has 2 aromatic rings. The number of carbonyl (C=O) groups is 1. The molecule has 0 saturated carbocycles. The lowest BCUT2D eigenvalue weighted by atomic mass is 10.2. The number of anilines is 1. The highest BCUT2D eigenvalue weighted by molar-refractivity contribution is 14.0. The van der Waals surface area contributed by atoms with Crippen LogP contribution in [0, 0.1) is 6.92 Å². The summed E-state index contributed by atoms with van der Waals surface area (Å²) in [6.07, 6.45) is 0.434. The largest absolute Gasteiger partial charge is 0.368 e. The minimum Gasteiger partial charge on any atom is -0.368 e. The molecule has 0 atom stereocenters. The van der Waals surface area contributed by atoms with E-state index in [-0.39, 0.29) is 29.9 Å². The summed E-state index contributed by atoms with van der Waals surface area (Å²) >= 11 is 1.66. The number of hydrogen-bond acceptors (Lipinski definition) is 5. The third-order valence-electron chi connectivity index (χ3n) is 5.10. The zero-order valence-electron chi connectivity index (χ0n) is 18.6. The van der Waals surface area contributed by atoms with Gasteiger partial charge in [0.1, 0.15) is 0 Å². The van der Waals surface area contributed by atoms with Crippen molar-refractivity contribution in [1.82, 2.24) is 20.1 Å². The molecule has 1 aliphatic heterocycles. The molecule has 1 amide bonds. The molecule has 1 fully saturated rings. The van der Waals surface area contributed by atoms with Gasteiger partial charge in [0.2, 0.25) is 5.91 Å². The van der Waals surface area contributed by atoms with Crippen LogP contribution in [0.5, 0.6) is 0 Å². The predicted octanol–water partition coefficient (Wildman–Crippen LogP) is 3.21. The second-order valence-electron chi connectivity index (χ2n) is 7.40. The number of aryl methyl sites for hydroxylation is 1. The van der Waals surface area contributed by atoms with E-state index in [9.17, 15) is 4.79 Å². The van der Waals surface area contributed by atoms with Crippen molar-refractivity contribution in [2.75, 3.05) is 51.2 Å². The van der Waals surface area contributed by atoms with E-state index in [0.29, 0.717) is 19.5 Å². The number of piperazine rings is 1. The SMILES string of the molecule is CCNC(=NCCC(=O)N1CCN(c2ccccc2)CC1)N(C)Cc1csc(C)n1.I. The Hall–Kier alpha value is -1.88. The number of carbonyl (C=O) groups excluding carboxylic acids is 1. The normalized spacial score (nSPS) is 14.2. The fourth-order valence-corrected chi connectivity index (χ4v) is 4.14. The Bertz CT molecular complexity index is 836. The van der Waals surface area contributed by atoms with Crippen LogP contribution < -0.4 is 10.2 Å². The molecule has 1 aromatic heterocycles. The third kappa shape index (κ3) is 7.64. The maximum absolute atomic E-state index is 12.6. The van der Waals surface area contributed by atoms with E-state index in [2.05, 4.69) is 54.7 Å². The van der Waals surface area contributed by atoms with E-state index in [1.807, 2.05) is 31.9 Å². The smallest absolute Gasteiger partial charge is 0.224 e. The molecule has 0 spiro atoms. The first kappa shape index (κ1) is 25.4. The lowest BCUT2D eigenvalue weighted by molar-refractivity contribution is -0.131. The first-order valence-corrected chi connectivity index (χ1v) is 11.4. The minimum absolute atomic E-state index is 0. The lowest BCUT2D eigenvalue weighted by Crippen LogP contribution is -2.49. The van der Waals surface area contributed by atoms with Crippen LogP contribution in [0.4, 0.5) is 5.69 Å². The summed E-state index contributed by atoms with van der Waals surface area (Å²) in [5, 5.41) is 6.45.